The highest BCUT2D eigenvalue weighted by molar-refractivity contribution is 6.31. The van der Waals surface area contributed by atoms with Gasteiger partial charge in [-0.25, -0.2) is 9.78 Å². The molecule has 0 aliphatic rings. The molecule has 162 valence electrons. The predicted molar refractivity (Wildman–Crippen MR) is 121 cm³/mol. The van der Waals surface area contributed by atoms with Crippen molar-refractivity contribution in [1.82, 2.24) is 9.55 Å². The van der Waals surface area contributed by atoms with Crippen molar-refractivity contribution in [2.24, 2.45) is 0 Å². The number of carboxylic acid groups (broad SMARTS) is 1. The number of nitrogens with zero attached hydrogens (tertiary/aromatic N) is 2. The number of ether oxygens (including phenoxy) is 2. The monoisotopic (exact) mass is 440 g/mol. The first-order valence-electron chi connectivity index (χ1n) is 9.89. The Hall–Kier alpha value is -3.25. The largest absolute Gasteiger partial charge is 0.493 e. The van der Waals surface area contributed by atoms with E-state index in [2.05, 4.69) is 4.98 Å². The quantitative estimate of drug-likeness (QED) is 0.480. The summed E-state index contributed by atoms with van der Waals surface area (Å²) in [7, 11) is 3.11. The Bertz CT molecular complexity index is 1100. The minimum atomic E-state index is -0.988. The Balaban J connectivity index is 1.97. The summed E-state index contributed by atoms with van der Waals surface area (Å²) < 4.78 is 12.6. The van der Waals surface area contributed by atoms with E-state index in [1.807, 2.05) is 41.8 Å². The van der Waals surface area contributed by atoms with Crippen molar-refractivity contribution >= 4 is 23.6 Å². The molecule has 0 aliphatic carbocycles. The zero-order valence-corrected chi connectivity index (χ0v) is 18.5. The molecule has 2 aromatic carbocycles. The number of methoxy groups -OCH3 is 2. The number of aromatic nitrogens is 2. The van der Waals surface area contributed by atoms with Crippen molar-refractivity contribution in [2.75, 3.05) is 14.2 Å². The van der Waals surface area contributed by atoms with Gasteiger partial charge < -0.3 is 19.1 Å². The van der Waals surface area contributed by atoms with Gasteiger partial charge in [0, 0.05) is 23.4 Å². The van der Waals surface area contributed by atoms with Gasteiger partial charge >= 0.3 is 5.97 Å². The molecule has 0 saturated carbocycles. The number of hydrogen-bond acceptors (Lipinski definition) is 4. The van der Waals surface area contributed by atoms with E-state index in [0.29, 0.717) is 23.1 Å². The Kier molecular flexibility index (Phi) is 7.36. The maximum Gasteiger partial charge on any atom is 0.331 e. The van der Waals surface area contributed by atoms with Crippen LogP contribution in [0.15, 0.2) is 54.2 Å². The lowest BCUT2D eigenvalue weighted by molar-refractivity contribution is -0.132. The molecule has 0 radical (unpaired) electrons. The molecule has 0 unspecified atom stereocenters. The normalized spacial score (nSPS) is 11.4. The molecule has 0 aliphatic heterocycles. The lowest BCUT2D eigenvalue weighted by Crippen LogP contribution is -2.09. The molecule has 0 fully saturated rings. The number of aryl methyl sites for hydroxylation is 1. The van der Waals surface area contributed by atoms with Gasteiger partial charge in [-0.1, -0.05) is 42.8 Å². The van der Waals surface area contributed by atoms with E-state index in [0.717, 1.165) is 29.1 Å². The number of carboxylic acids is 1. The average molecular weight is 441 g/mol. The Labute approximate surface area is 186 Å². The fourth-order valence-corrected chi connectivity index (χ4v) is 3.58. The molecule has 3 aromatic rings. The van der Waals surface area contributed by atoms with Gasteiger partial charge in [0.2, 0.25) is 0 Å². The predicted octanol–water partition coefficient (Wildman–Crippen LogP) is 4.88. The van der Waals surface area contributed by atoms with Crippen LogP contribution in [0.3, 0.4) is 0 Å². The van der Waals surface area contributed by atoms with E-state index in [-0.39, 0.29) is 12.0 Å². The Morgan fingerprint density at radius 2 is 1.90 bits per heavy atom. The summed E-state index contributed by atoms with van der Waals surface area (Å²) in [5, 5.41) is 10.5. The lowest BCUT2D eigenvalue weighted by Gasteiger charge is -2.12. The fourth-order valence-electron chi connectivity index (χ4n) is 3.38. The van der Waals surface area contributed by atoms with Crippen molar-refractivity contribution in [3.8, 4) is 11.5 Å². The van der Waals surface area contributed by atoms with Crippen molar-refractivity contribution in [3.05, 3.63) is 81.9 Å². The van der Waals surface area contributed by atoms with Crippen LogP contribution in [0.5, 0.6) is 11.5 Å². The molecular weight excluding hydrogens is 416 g/mol. The summed E-state index contributed by atoms with van der Waals surface area (Å²) >= 11 is 6.34. The van der Waals surface area contributed by atoms with Gasteiger partial charge in [-0.05, 0) is 35.4 Å². The second kappa shape index (κ2) is 10.2. The van der Waals surface area contributed by atoms with Gasteiger partial charge in [-0.3, -0.25) is 0 Å². The van der Waals surface area contributed by atoms with Gasteiger partial charge in [0.1, 0.15) is 5.82 Å². The van der Waals surface area contributed by atoms with Crippen LogP contribution < -0.4 is 9.47 Å². The molecule has 0 saturated heterocycles. The number of carbonyl (C=O) groups is 1. The van der Waals surface area contributed by atoms with E-state index >= 15 is 0 Å². The van der Waals surface area contributed by atoms with E-state index in [9.17, 15) is 9.90 Å². The van der Waals surface area contributed by atoms with Gasteiger partial charge in [-0.2, -0.15) is 0 Å². The number of hydrogen-bond donors (Lipinski definition) is 1. The summed E-state index contributed by atoms with van der Waals surface area (Å²) in [4.78, 5) is 16.5. The highest BCUT2D eigenvalue weighted by Crippen LogP contribution is 2.29. The first-order valence-corrected chi connectivity index (χ1v) is 10.3. The molecule has 7 heteroatoms. The second-order valence-electron chi connectivity index (χ2n) is 6.97. The zero-order chi connectivity index (χ0) is 22.4. The van der Waals surface area contributed by atoms with E-state index in [1.54, 1.807) is 38.6 Å². The molecular formula is C24H25ClN2O4. The van der Waals surface area contributed by atoms with E-state index < -0.39 is 5.97 Å². The molecule has 1 heterocycles. The number of aliphatic carboxylic acids is 1. The fraction of sp³-hybridized carbons (Fsp3) is 0.250. The lowest BCUT2D eigenvalue weighted by atomic mass is 10.0. The SMILES string of the molecule is CCc1ncc(/C=C(\Cc2ccc(OC)c(OC)c2)C(=O)O)n1Cc1ccccc1Cl. The third-order valence-electron chi connectivity index (χ3n) is 5.01. The molecule has 3 rings (SSSR count). The minimum absolute atomic E-state index is 0.231. The summed E-state index contributed by atoms with van der Waals surface area (Å²) in [6, 6.07) is 13.0. The van der Waals surface area contributed by atoms with Gasteiger partial charge in [0.15, 0.2) is 11.5 Å². The summed E-state index contributed by atoms with van der Waals surface area (Å²) in [5.41, 5.74) is 2.72. The molecule has 0 spiro atoms. The van der Waals surface area contributed by atoms with Crippen LogP contribution in [0.25, 0.3) is 6.08 Å². The van der Waals surface area contributed by atoms with Crippen LogP contribution in [-0.4, -0.2) is 34.8 Å². The number of rotatable bonds is 9. The maximum absolute atomic E-state index is 12.0. The molecule has 0 bridgehead atoms. The van der Waals surface area contributed by atoms with Crippen LogP contribution >= 0.6 is 11.6 Å². The Morgan fingerprint density at radius 3 is 2.55 bits per heavy atom. The van der Waals surface area contributed by atoms with Crippen LogP contribution in [0.1, 0.15) is 29.6 Å². The average Bonchev–Trinajstić information content (AvgIpc) is 3.15. The van der Waals surface area contributed by atoms with Gasteiger partial charge in [0.25, 0.3) is 0 Å². The molecule has 1 N–H and O–H groups in total. The first kappa shape index (κ1) is 22.4. The smallest absolute Gasteiger partial charge is 0.331 e. The number of halogens is 1. The van der Waals surface area contributed by atoms with Gasteiger partial charge in [-0.15, -0.1) is 0 Å². The topological polar surface area (TPSA) is 73.6 Å². The van der Waals surface area contributed by atoms with Crippen molar-refractivity contribution < 1.29 is 19.4 Å². The summed E-state index contributed by atoms with van der Waals surface area (Å²) in [6.07, 6.45) is 4.32. The highest BCUT2D eigenvalue weighted by atomic mass is 35.5. The van der Waals surface area contributed by atoms with Crippen LogP contribution in [0.2, 0.25) is 5.02 Å². The summed E-state index contributed by atoms with van der Waals surface area (Å²) in [6.45, 7) is 2.53. The third-order valence-corrected chi connectivity index (χ3v) is 5.38. The van der Waals surface area contributed by atoms with Crippen LogP contribution in [-0.2, 0) is 24.2 Å². The zero-order valence-electron chi connectivity index (χ0n) is 17.8. The first-order chi connectivity index (χ1) is 15.0. The molecule has 1 aromatic heterocycles. The van der Waals surface area contributed by atoms with E-state index in [1.165, 1.54) is 0 Å². The second-order valence-corrected chi connectivity index (χ2v) is 7.38. The minimum Gasteiger partial charge on any atom is -0.493 e. The highest BCUT2D eigenvalue weighted by Gasteiger charge is 2.15. The molecule has 0 amide bonds. The van der Waals surface area contributed by atoms with Crippen LogP contribution in [0.4, 0.5) is 0 Å². The third kappa shape index (κ3) is 5.27. The summed E-state index contributed by atoms with van der Waals surface area (Å²) in [5.74, 6) is 1.03. The molecule has 0 atom stereocenters. The van der Waals surface area contributed by atoms with Crippen molar-refractivity contribution in [3.63, 3.8) is 0 Å². The van der Waals surface area contributed by atoms with Crippen LogP contribution in [0, 0.1) is 0 Å². The standard InChI is InChI=1S/C24H25ClN2O4/c1-4-23-26-14-19(27(23)15-17-7-5-6-8-20(17)25)13-18(24(28)29)11-16-9-10-21(30-2)22(12-16)31-3/h5-10,12-14H,4,11,15H2,1-3H3,(H,28,29)/b18-13+. The van der Waals surface area contributed by atoms with Gasteiger partial charge in [0.05, 0.1) is 32.7 Å². The molecule has 6 nitrogen and oxygen atoms in total. The maximum atomic E-state index is 12.0. The number of imidazole rings is 1. The van der Waals surface area contributed by atoms with Crippen molar-refractivity contribution in [1.29, 1.82) is 0 Å². The molecule has 31 heavy (non-hydrogen) atoms. The van der Waals surface area contributed by atoms with Crippen molar-refractivity contribution in [2.45, 2.75) is 26.3 Å². The van der Waals surface area contributed by atoms with E-state index in [4.69, 9.17) is 21.1 Å². The number of benzene rings is 2. The Morgan fingerprint density at radius 1 is 1.16 bits per heavy atom.